The van der Waals surface area contributed by atoms with Gasteiger partial charge in [0.05, 0.1) is 11.1 Å². The van der Waals surface area contributed by atoms with Crippen molar-refractivity contribution in [2.75, 3.05) is 0 Å². The summed E-state index contributed by atoms with van der Waals surface area (Å²) in [5.74, 6) is -1.67. The molecule has 0 N–H and O–H groups in total. The smallest absolute Gasteiger partial charge is 0.206 e. The maximum absolute atomic E-state index is 14.8. The second kappa shape index (κ2) is 8.58. The van der Waals surface area contributed by atoms with E-state index in [1.54, 1.807) is 6.07 Å². The van der Waals surface area contributed by atoms with Crippen molar-refractivity contribution in [2.24, 2.45) is 0 Å². The number of allylic oxidation sites excluding steroid dienone is 1. The lowest BCUT2D eigenvalue weighted by Crippen LogP contribution is -2.04. The molecular weight excluding hydrogens is 419 g/mol. The quantitative estimate of drug-likeness (QED) is 0.216. The second-order valence-electron chi connectivity index (χ2n) is 7.61. The number of hydrogen-bond donors (Lipinski definition) is 0. The van der Waals surface area contributed by atoms with Crippen LogP contribution in [0.5, 0.6) is 0 Å². The average Bonchev–Trinajstić information content (AvgIpc) is 2.76. The van der Waals surface area contributed by atoms with E-state index in [0.29, 0.717) is 11.1 Å². The van der Waals surface area contributed by atoms with Crippen molar-refractivity contribution in [3.8, 4) is 22.3 Å². The first-order valence-electron chi connectivity index (χ1n) is 10.1. The van der Waals surface area contributed by atoms with Crippen molar-refractivity contribution in [1.82, 2.24) is 0 Å². The van der Waals surface area contributed by atoms with Gasteiger partial charge < -0.3 is 0 Å². The average molecular weight is 438 g/mol. The van der Waals surface area contributed by atoms with E-state index in [9.17, 15) is 22.0 Å². The van der Waals surface area contributed by atoms with Gasteiger partial charge in [0.2, 0.25) is 0 Å². The topological polar surface area (TPSA) is 0 Å². The van der Waals surface area contributed by atoms with Crippen LogP contribution in [0.1, 0.15) is 17.5 Å². The minimum Gasteiger partial charge on any atom is -0.206 e. The molecule has 0 spiro atoms. The second-order valence-corrected chi connectivity index (χ2v) is 7.61. The standard InChI is InChI=1S/C27H19F5/c1-2-3-4-17-5-6-20-14-21(8-7-19(20)13-17)22-15-24(28)26(25(29)16-22)18-9-11-23(12-10-18)27(30,31)32/h2,5-16H,1,3-4H2. The van der Waals surface area contributed by atoms with Crippen LogP contribution < -0.4 is 0 Å². The van der Waals surface area contributed by atoms with Gasteiger partial charge in [0.1, 0.15) is 11.6 Å². The molecule has 5 heteroatoms. The molecule has 0 aliphatic rings. The summed E-state index contributed by atoms with van der Waals surface area (Å²) < 4.78 is 67.9. The lowest BCUT2D eigenvalue weighted by Gasteiger charge is -2.11. The summed E-state index contributed by atoms with van der Waals surface area (Å²) in [7, 11) is 0. The third-order valence-corrected chi connectivity index (χ3v) is 5.42. The highest BCUT2D eigenvalue weighted by Gasteiger charge is 2.30. The molecule has 0 heterocycles. The lowest BCUT2D eigenvalue weighted by atomic mass is 9.96. The first kappa shape index (κ1) is 21.8. The summed E-state index contributed by atoms with van der Waals surface area (Å²) in [6.07, 6.45) is -0.872. The van der Waals surface area contributed by atoms with E-state index in [0.717, 1.165) is 47.9 Å². The Kier molecular flexibility index (Phi) is 5.83. The molecule has 162 valence electrons. The number of hydrogen-bond acceptors (Lipinski definition) is 0. The number of aryl methyl sites for hydroxylation is 1. The van der Waals surface area contributed by atoms with E-state index in [1.165, 1.54) is 17.7 Å². The fraction of sp³-hybridized carbons (Fsp3) is 0.111. The van der Waals surface area contributed by atoms with Gasteiger partial charge in [-0.3, -0.25) is 0 Å². The Labute approximate surface area is 182 Å². The van der Waals surface area contributed by atoms with Crippen molar-refractivity contribution < 1.29 is 22.0 Å². The predicted octanol–water partition coefficient (Wildman–Crippen LogP) is 8.59. The Balaban J connectivity index is 1.68. The van der Waals surface area contributed by atoms with E-state index in [-0.39, 0.29) is 11.1 Å². The fourth-order valence-corrected chi connectivity index (χ4v) is 3.74. The number of halogens is 5. The van der Waals surface area contributed by atoms with Gasteiger partial charge in [0, 0.05) is 0 Å². The molecule has 0 aliphatic heterocycles. The Morgan fingerprint density at radius 3 is 1.91 bits per heavy atom. The molecule has 0 atom stereocenters. The molecule has 0 saturated heterocycles. The summed E-state index contributed by atoms with van der Waals surface area (Å²) in [6, 6.07) is 17.8. The van der Waals surface area contributed by atoms with Crippen LogP contribution >= 0.6 is 0 Å². The van der Waals surface area contributed by atoms with Gasteiger partial charge >= 0.3 is 6.18 Å². The minimum absolute atomic E-state index is 0.0464. The van der Waals surface area contributed by atoms with Crippen molar-refractivity contribution in [2.45, 2.75) is 19.0 Å². The van der Waals surface area contributed by atoms with Crippen LogP contribution in [-0.2, 0) is 12.6 Å². The Hall–Kier alpha value is -3.47. The van der Waals surface area contributed by atoms with Gasteiger partial charge in [-0.05, 0) is 76.2 Å². The molecule has 0 amide bonds. The van der Waals surface area contributed by atoms with E-state index in [2.05, 4.69) is 12.6 Å². The zero-order chi connectivity index (χ0) is 22.9. The normalized spacial score (nSPS) is 11.7. The maximum atomic E-state index is 14.8. The molecule has 0 fully saturated rings. The first-order valence-corrected chi connectivity index (χ1v) is 10.1. The highest BCUT2D eigenvalue weighted by molar-refractivity contribution is 5.88. The molecule has 4 aromatic rings. The number of alkyl halides is 3. The molecule has 0 nitrogen and oxygen atoms in total. The fourth-order valence-electron chi connectivity index (χ4n) is 3.74. The van der Waals surface area contributed by atoms with E-state index in [1.807, 2.05) is 30.3 Å². The summed E-state index contributed by atoms with van der Waals surface area (Å²) in [4.78, 5) is 0. The minimum atomic E-state index is -4.51. The van der Waals surface area contributed by atoms with Crippen LogP contribution in [0.15, 0.2) is 85.5 Å². The van der Waals surface area contributed by atoms with Crippen LogP contribution in [-0.4, -0.2) is 0 Å². The molecule has 32 heavy (non-hydrogen) atoms. The van der Waals surface area contributed by atoms with Crippen LogP contribution in [0.3, 0.4) is 0 Å². The molecule has 0 bridgehead atoms. The van der Waals surface area contributed by atoms with E-state index < -0.39 is 23.4 Å². The van der Waals surface area contributed by atoms with Crippen molar-refractivity contribution in [1.29, 1.82) is 0 Å². The van der Waals surface area contributed by atoms with E-state index >= 15 is 0 Å². The number of fused-ring (bicyclic) bond motifs is 1. The Morgan fingerprint density at radius 1 is 0.688 bits per heavy atom. The molecule has 4 rings (SSSR count). The molecule has 0 radical (unpaired) electrons. The summed E-state index contributed by atoms with van der Waals surface area (Å²) in [6.45, 7) is 3.73. The number of benzene rings is 4. The number of rotatable bonds is 5. The summed E-state index contributed by atoms with van der Waals surface area (Å²) >= 11 is 0. The molecular formula is C27H19F5. The SMILES string of the molecule is C=CCCc1ccc2cc(-c3cc(F)c(-c4ccc(C(F)(F)F)cc4)c(F)c3)ccc2c1. The zero-order valence-corrected chi connectivity index (χ0v) is 17.0. The monoisotopic (exact) mass is 438 g/mol. The van der Waals surface area contributed by atoms with Gasteiger partial charge in [-0.2, -0.15) is 13.2 Å². The van der Waals surface area contributed by atoms with Crippen LogP contribution in [0.25, 0.3) is 33.0 Å². The summed E-state index contributed by atoms with van der Waals surface area (Å²) in [5.41, 5.74) is 1.01. The predicted molar refractivity (Wildman–Crippen MR) is 118 cm³/mol. The Bertz CT molecular complexity index is 1260. The highest BCUT2D eigenvalue weighted by atomic mass is 19.4. The third kappa shape index (κ3) is 4.42. The Morgan fingerprint density at radius 2 is 1.28 bits per heavy atom. The first-order chi connectivity index (χ1) is 15.3. The van der Waals surface area contributed by atoms with Gasteiger partial charge in [-0.1, -0.05) is 48.5 Å². The largest absolute Gasteiger partial charge is 0.416 e. The van der Waals surface area contributed by atoms with Crippen LogP contribution in [0.4, 0.5) is 22.0 Å². The van der Waals surface area contributed by atoms with Gasteiger partial charge in [-0.15, -0.1) is 6.58 Å². The maximum Gasteiger partial charge on any atom is 0.416 e. The molecule has 4 aromatic carbocycles. The molecule has 0 aliphatic carbocycles. The molecule has 0 unspecified atom stereocenters. The van der Waals surface area contributed by atoms with Gasteiger partial charge in [0.25, 0.3) is 0 Å². The van der Waals surface area contributed by atoms with Crippen molar-refractivity contribution in [3.63, 3.8) is 0 Å². The highest BCUT2D eigenvalue weighted by Crippen LogP contribution is 2.35. The van der Waals surface area contributed by atoms with Crippen LogP contribution in [0.2, 0.25) is 0 Å². The van der Waals surface area contributed by atoms with Gasteiger partial charge in [-0.25, -0.2) is 8.78 Å². The summed E-state index contributed by atoms with van der Waals surface area (Å²) in [5, 5.41) is 1.97. The van der Waals surface area contributed by atoms with Gasteiger partial charge in [0.15, 0.2) is 0 Å². The molecule has 0 saturated carbocycles. The van der Waals surface area contributed by atoms with Crippen molar-refractivity contribution in [3.05, 3.63) is 108 Å². The third-order valence-electron chi connectivity index (χ3n) is 5.42. The van der Waals surface area contributed by atoms with Crippen LogP contribution in [0, 0.1) is 11.6 Å². The lowest BCUT2D eigenvalue weighted by molar-refractivity contribution is -0.137. The zero-order valence-electron chi connectivity index (χ0n) is 17.0. The molecule has 0 aromatic heterocycles. The van der Waals surface area contributed by atoms with Crippen molar-refractivity contribution >= 4 is 10.8 Å². The van der Waals surface area contributed by atoms with E-state index in [4.69, 9.17) is 0 Å².